The summed E-state index contributed by atoms with van der Waals surface area (Å²) < 4.78 is 0. The Morgan fingerprint density at radius 1 is 0.696 bits per heavy atom. The van der Waals surface area contributed by atoms with Crippen LogP contribution in [0, 0.1) is 33.5 Å². The normalized spacial score (nSPS) is 14.7. The lowest BCUT2D eigenvalue weighted by molar-refractivity contribution is -0.128. The zero-order valence-corrected chi connectivity index (χ0v) is 18.7. The highest BCUT2D eigenvalue weighted by Gasteiger charge is 2.40. The summed E-state index contributed by atoms with van der Waals surface area (Å²) in [6.45, 7) is 27.1. The van der Waals surface area contributed by atoms with Crippen molar-refractivity contribution in [1.29, 1.82) is 0 Å². The molecule has 23 heavy (non-hydrogen) atoms. The molecule has 0 aliphatic rings. The minimum Gasteiger partial charge on any atom is -0.298 e. The molecule has 0 aromatic heterocycles. The number of hydrogen-bond acceptors (Lipinski definition) is 2. The van der Waals surface area contributed by atoms with E-state index in [1.54, 1.807) is 0 Å². The van der Waals surface area contributed by atoms with Crippen molar-refractivity contribution in [3.63, 3.8) is 0 Å². The van der Waals surface area contributed by atoms with Crippen LogP contribution in [0.3, 0.4) is 0 Å². The lowest BCUT2D eigenvalue weighted by atomic mass is 9.65. The Morgan fingerprint density at radius 2 is 1.04 bits per heavy atom. The van der Waals surface area contributed by atoms with Crippen LogP contribution in [0.15, 0.2) is 0 Å². The van der Waals surface area contributed by atoms with E-state index in [-0.39, 0.29) is 27.6 Å². The van der Waals surface area contributed by atoms with Crippen LogP contribution < -0.4 is 0 Å². The molecule has 0 radical (unpaired) electrons. The van der Waals surface area contributed by atoms with Gasteiger partial charge in [-0.25, -0.2) is 0 Å². The van der Waals surface area contributed by atoms with Crippen molar-refractivity contribution >= 4 is 17.5 Å². The second-order valence-electron chi connectivity index (χ2n) is 11.4. The van der Waals surface area contributed by atoms with E-state index in [0.29, 0.717) is 17.5 Å². The van der Waals surface area contributed by atoms with Gasteiger partial charge in [-0.1, -0.05) is 83.1 Å². The monoisotopic (exact) mass is 342 g/mol. The van der Waals surface area contributed by atoms with Crippen LogP contribution >= 0.6 is 11.8 Å². The summed E-state index contributed by atoms with van der Waals surface area (Å²) in [5, 5.41) is 0. The molecule has 0 saturated carbocycles. The van der Waals surface area contributed by atoms with Crippen LogP contribution in [0.25, 0.3) is 0 Å². The Balaban J connectivity index is 4.94. The van der Waals surface area contributed by atoms with Gasteiger partial charge in [-0.05, 0) is 33.3 Å². The number of rotatable bonds is 5. The smallest absolute Gasteiger partial charge is 0.146 e. The van der Waals surface area contributed by atoms with Crippen LogP contribution in [-0.2, 0) is 4.79 Å². The maximum Gasteiger partial charge on any atom is 0.146 e. The summed E-state index contributed by atoms with van der Waals surface area (Å²) in [6.07, 6.45) is 0. The van der Waals surface area contributed by atoms with Crippen LogP contribution in [0.5, 0.6) is 0 Å². The molecule has 0 unspecified atom stereocenters. The first kappa shape index (κ1) is 23.0. The summed E-state index contributed by atoms with van der Waals surface area (Å²) in [5.74, 6) is 2.80. The van der Waals surface area contributed by atoms with Gasteiger partial charge in [0.2, 0.25) is 0 Å². The minimum atomic E-state index is 0.0172. The topological polar surface area (TPSA) is 17.1 Å². The molecular weight excluding hydrogens is 300 g/mol. The van der Waals surface area contributed by atoms with Crippen molar-refractivity contribution in [2.45, 2.75) is 83.1 Å². The summed E-state index contributed by atoms with van der Waals surface area (Å²) in [7, 11) is 0. The quantitative estimate of drug-likeness (QED) is 0.552. The van der Waals surface area contributed by atoms with Crippen LogP contribution in [0.2, 0.25) is 0 Å². The fourth-order valence-corrected chi connectivity index (χ4v) is 6.15. The largest absolute Gasteiger partial charge is 0.298 e. The van der Waals surface area contributed by atoms with E-state index < -0.39 is 0 Å². The zero-order valence-electron chi connectivity index (χ0n) is 17.9. The van der Waals surface area contributed by atoms with E-state index in [1.165, 1.54) is 0 Å². The Kier molecular flexibility index (Phi) is 7.51. The van der Waals surface area contributed by atoms with Crippen molar-refractivity contribution < 1.29 is 4.79 Å². The van der Waals surface area contributed by atoms with Gasteiger partial charge in [-0.3, -0.25) is 4.79 Å². The predicted molar refractivity (Wildman–Crippen MR) is 107 cm³/mol. The van der Waals surface area contributed by atoms with Gasteiger partial charge in [0.1, 0.15) is 5.78 Å². The molecule has 0 bridgehead atoms. The SMILES string of the molecule is CC(C)(C)C(CSCC(=O)C(C(C)(C)C)C(C)(C)C)C(C)(C)C. The number of carbonyl (C=O) groups is 1. The molecule has 0 aliphatic heterocycles. The molecule has 0 rings (SSSR count). The first-order valence-electron chi connectivity index (χ1n) is 8.99. The highest BCUT2D eigenvalue weighted by molar-refractivity contribution is 7.99. The molecule has 0 aromatic carbocycles. The average Bonchev–Trinajstić information content (AvgIpc) is 2.15. The van der Waals surface area contributed by atoms with Crippen LogP contribution in [0.4, 0.5) is 0 Å². The second kappa shape index (κ2) is 7.50. The zero-order chi connectivity index (χ0) is 18.9. The molecular formula is C21H42OS. The molecule has 0 amide bonds. The highest BCUT2D eigenvalue weighted by Crippen LogP contribution is 2.43. The average molecular weight is 343 g/mol. The van der Waals surface area contributed by atoms with E-state index in [0.717, 1.165) is 5.75 Å². The van der Waals surface area contributed by atoms with E-state index >= 15 is 0 Å². The fourth-order valence-electron chi connectivity index (χ4n) is 4.42. The molecule has 1 nitrogen and oxygen atoms in total. The lowest BCUT2D eigenvalue weighted by Crippen LogP contribution is -2.40. The molecule has 0 atom stereocenters. The third kappa shape index (κ3) is 7.63. The molecule has 138 valence electrons. The van der Waals surface area contributed by atoms with Crippen molar-refractivity contribution in [1.82, 2.24) is 0 Å². The van der Waals surface area contributed by atoms with E-state index in [1.807, 2.05) is 11.8 Å². The van der Waals surface area contributed by atoms with Gasteiger partial charge in [-0.2, -0.15) is 11.8 Å². The third-order valence-corrected chi connectivity index (χ3v) is 5.73. The van der Waals surface area contributed by atoms with Gasteiger partial charge in [0.15, 0.2) is 0 Å². The van der Waals surface area contributed by atoms with Crippen molar-refractivity contribution in [3.05, 3.63) is 0 Å². The first-order valence-corrected chi connectivity index (χ1v) is 10.1. The molecule has 0 saturated heterocycles. The third-order valence-electron chi connectivity index (χ3n) is 4.67. The standard InChI is InChI=1S/C21H42OS/c1-18(2,3)16(19(4,5)6)14-23-13-15(22)17(20(7,8)9)21(10,11)12/h16-17H,13-14H2,1-12H3. The van der Waals surface area contributed by atoms with Gasteiger partial charge < -0.3 is 0 Å². The predicted octanol–water partition coefficient (Wildman–Crippen LogP) is 6.71. The Morgan fingerprint density at radius 3 is 1.30 bits per heavy atom. The van der Waals surface area contributed by atoms with E-state index in [2.05, 4.69) is 83.1 Å². The molecule has 0 fully saturated rings. The van der Waals surface area contributed by atoms with Crippen molar-refractivity contribution in [2.24, 2.45) is 33.5 Å². The highest BCUT2D eigenvalue weighted by atomic mass is 32.2. The van der Waals surface area contributed by atoms with E-state index in [9.17, 15) is 4.79 Å². The molecule has 0 spiro atoms. The van der Waals surface area contributed by atoms with Crippen molar-refractivity contribution in [3.8, 4) is 0 Å². The van der Waals surface area contributed by atoms with E-state index in [4.69, 9.17) is 0 Å². The number of carbonyl (C=O) groups excluding carboxylic acids is 1. The minimum absolute atomic E-state index is 0.0172. The van der Waals surface area contributed by atoms with Crippen LogP contribution in [0.1, 0.15) is 83.1 Å². The van der Waals surface area contributed by atoms with Gasteiger partial charge in [0, 0.05) is 5.92 Å². The van der Waals surface area contributed by atoms with Gasteiger partial charge in [0.25, 0.3) is 0 Å². The maximum absolute atomic E-state index is 12.9. The summed E-state index contributed by atoms with van der Waals surface area (Å²) >= 11 is 1.83. The maximum atomic E-state index is 12.9. The summed E-state index contributed by atoms with van der Waals surface area (Å²) in [6, 6.07) is 0. The summed E-state index contributed by atoms with van der Waals surface area (Å²) in [5.41, 5.74) is 0.566. The number of Topliss-reactive ketones (excluding diaryl/α,β-unsaturated/α-hetero) is 1. The molecule has 2 heteroatoms. The second-order valence-corrected chi connectivity index (χ2v) is 12.5. The molecule has 0 heterocycles. The van der Waals surface area contributed by atoms with Gasteiger partial charge in [-0.15, -0.1) is 0 Å². The fraction of sp³-hybridized carbons (Fsp3) is 0.952. The number of thioether (sulfide) groups is 1. The first-order chi connectivity index (χ1) is 9.88. The van der Waals surface area contributed by atoms with Gasteiger partial charge >= 0.3 is 0 Å². The molecule has 0 aromatic rings. The lowest BCUT2D eigenvalue weighted by Gasteiger charge is -2.41. The summed E-state index contributed by atoms with van der Waals surface area (Å²) in [4.78, 5) is 12.9. The Bertz CT molecular complexity index is 354. The van der Waals surface area contributed by atoms with Crippen molar-refractivity contribution in [2.75, 3.05) is 11.5 Å². The Labute approximate surface area is 150 Å². The van der Waals surface area contributed by atoms with Gasteiger partial charge in [0.05, 0.1) is 5.75 Å². The number of hydrogen-bond donors (Lipinski definition) is 0. The van der Waals surface area contributed by atoms with Crippen LogP contribution in [-0.4, -0.2) is 17.3 Å². The number of ketones is 1. The Hall–Kier alpha value is 0.0200. The molecule has 0 N–H and O–H groups in total. The molecule has 0 aliphatic carbocycles.